The van der Waals surface area contributed by atoms with Crippen LogP contribution in [0.25, 0.3) is 0 Å². The van der Waals surface area contributed by atoms with Gasteiger partial charge >= 0.3 is 0 Å². The van der Waals surface area contributed by atoms with Gasteiger partial charge in [0.05, 0.1) is 14.2 Å². The minimum atomic E-state index is -0.368. The third-order valence-electron chi connectivity index (χ3n) is 4.14. The van der Waals surface area contributed by atoms with E-state index < -0.39 is 0 Å². The van der Waals surface area contributed by atoms with Crippen LogP contribution in [0.2, 0.25) is 0 Å². The van der Waals surface area contributed by atoms with Crippen LogP contribution in [-0.2, 0) is 11.3 Å². The quantitative estimate of drug-likeness (QED) is 0.776. The highest BCUT2D eigenvalue weighted by Crippen LogP contribution is 2.33. The summed E-state index contributed by atoms with van der Waals surface area (Å²) < 4.78 is 10.9. The Morgan fingerprint density at radius 2 is 1.64 bits per heavy atom. The van der Waals surface area contributed by atoms with Gasteiger partial charge < -0.3 is 14.4 Å². The van der Waals surface area contributed by atoms with Crippen LogP contribution in [0.1, 0.15) is 17.2 Å². The van der Waals surface area contributed by atoms with E-state index in [2.05, 4.69) is 0 Å². The Morgan fingerprint density at radius 3 is 2.20 bits per heavy atom. The summed E-state index contributed by atoms with van der Waals surface area (Å²) in [6.45, 7) is 0.555. The number of amides is 1. The van der Waals surface area contributed by atoms with Crippen molar-refractivity contribution in [2.75, 3.05) is 35.4 Å². The number of hydrogen-bond donors (Lipinski definition) is 0. The van der Waals surface area contributed by atoms with E-state index in [1.54, 1.807) is 33.2 Å². The number of carbonyl (C=O) groups is 1. The maximum atomic E-state index is 12.8. The molecule has 0 aliphatic carbocycles. The van der Waals surface area contributed by atoms with E-state index in [1.165, 1.54) is 0 Å². The molecular formula is C20H26N2O3. The third-order valence-corrected chi connectivity index (χ3v) is 4.14. The second kappa shape index (κ2) is 8.53. The molecule has 134 valence electrons. The average Bonchev–Trinajstić information content (AvgIpc) is 2.62. The molecule has 2 aromatic rings. The fourth-order valence-corrected chi connectivity index (χ4v) is 2.90. The summed E-state index contributed by atoms with van der Waals surface area (Å²) in [5, 5.41) is 0. The normalized spacial score (nSPS) is 11.9. The molecule has 0 fully saturated rings. The van der Waals surface area contributed by atoms with Gasteiger partial charge in [-0.1, -0.05) is 42.5 Å². The number of carbonyl (C=O) groups excluding carboxylic acids is 1. The van der Waals surface area contributed by atoms with Crippen molar-refractivity contribution in [2.45, 2.75) is 12.6 Å². The van der Waals surface area contributed by atoms with Gasteiger partial charge in [0.1, 0.15) is 6.04 Å². The van der Waals surface area contributed by atoms with Crippen LogP contribution in [0, 0.1) is 0 Å². The summed E-state index contributed by atoms with van der Waals surface area (Å²) in [5.74, 6) is 1.42. The van der Waals surface area contributed by atoms with Crippen molar-refractivity contribution < 1.29 is 14.3 Å². The first kappa shape index (κ1) is 18.8. The zero-order chi connectivity index (χ0) is 18.4. The molecule has 1 unspecified atom stereocenters. The lowest BCUT2D eigenvalue weighted by Gasteiger charge is -2.30. The highest BCUT2D eigenvalue weighted by atomic mass is 16.5. The predicted octanol–water partition coefficient (Wildman–Crippen LogP) is 2.97. The fraction of sp³-hybridized carbons (Fsp3) is 0.350. The van der Waals surface area contributed by atoms with Crippen molar-refractivity contribution in [3.05, 3.63) is 59.7 Å². The topological polar surface area (TPSA) is 42.0 Å². The molecule has 0 N–H and O–H groups in total. The van der Waals surface area contributed by atoms with Crippen molar-refractivity contribution >= 4 is 5.91 Å². The number of methoxy groups -OCH3 is 2. The first-order chi connectivity index (χ1) is 12.0. The van der Waals surface area contributed by atoms with Crippen LogP contribution in [-0.4, -0.2) is 51.1 Å². The summed E-state index contributed by atoms with van der Waals surface area (Å²) >= 11 is 0. The van der Waals surface area contributed by atoms with Crippen molar-refractivity contribution in [2.24, 2.45) is 0 Å². The van der Waals surface area contributed by atoms with Gasteiger partial charge in [-0.2, -0.15) is 0 Å². The Kier molecular flexibility index (Phi) is 6.42. The van der Waals surface area contributed by atoms with Crippen LogP contribution in [0.15, 0.2) is 48.5 Å². The molecule has 0 aromatic heterocycles. The van der Waals surface area contributed by atoms with Crippen molar-refractivity contribution in [1.29, 1.82) is 0 Å². The molecule has 0 aliphatic rings. The number of nitrogens with zero attached hydrogens (tertiary/aromatic N) is 2. The van der Waals surface area contributed by atoms with Crippen molar-refractivity contribution in [3.8, 4) is 11.5 Å². The van der Waals surface area contributed by atoms with Crippen LogP contribution in [0.5, 0.6) is 11.5 Å². The monoisotopic (exact) mass is 342 g/mol. The molecule has 1 atom stereocenters. The number of ether oxygens (including phenoxy) is 2. The predicted molar refractivity (Wildman–Crippen MR) is 98.9 cm³/mol. The van der Waals surface area contributed by atoms with Crippen LogP contribution >= 0.6 is 0 Å². The van der Waals surface area contributed by atoms with Gasteiger partial charge in [0, 0.05) is 26.2 Å². The van der Waals surface area contributed by atoms with Crippen LogP contribution < -0.4 is 9.47 Å². The van der Waals surface area contributed by atoms with E-state index >= 15 is 0 Å². The number of para-hydroxylation sites is 1. The molecular weight excluding hydrogens is 316 g/mol. The van der Waals surface area contributed by atoms with E-state index in [0.717, 1.165) is 11.1 Å². The zero-order valence-corrected chi connectivity index (χ0v) is 15.5. The largest absolute Gasteiger partial charge is 0.493 e. The molecule has 0 heterocycles. The first-order valence-corrected chi connectivity index (χ1v) is 8.15. The molecule has 2 aromatic carbocycles. The standard InChI is InChI=1S/C20H26N2O3/c1-21(2)20(23)18(15-10-7-6-8-11-15)22(3)14-16-12-9-13-17(24-4)19(16)25-5/h6-13,18H,14H2,1-5H3. The molecule has 1 amide bonds. The third kappa shape index (κ3) is 4.31. The number of likely N-dealkylation sites (N-methyl/N-ethyl adjacent to an activating group) is 2. The molecule has 5 nitrogen and oxygen atoms in total. The first-order valence-electron chi connectivity index (χ1n) is 8.15. The van der Waals surface area contributed by atoms with Crippen molar-refractivity contribution in [1.82, 2.24) is 9.80 Å². The molecule has 0 spiro atoms. The summed E-state index contributed by atoms with van der Waals surface area (Å²) in [7, 11) is 8.74. The van der Waals surface area contributed by atoms with Gasteiger partial charge in [-0.15, -0.1) is 0 Å². The molecule has 25 heavy (non-hydrogen) atoms. The van der Waals surface area contributed by atoms with Gasteiger partial charge in [-0.25, -0.2) is 0 Å². The highest BCUT2D eigenvalue weighted by Gasteiger charge is 2.27. The summed E-state index contributed by atoms with van der Waals surface area (Å²) in [6.07, 6.45) is 0. The summed E-state index contributed by atoms with van der Waals surface area (Å²) in [5.41, 5.74) is 1.93. The summed E-state index contributed by atoms with van der Waals surface area (Å²) in [4.78, 5) is 16.4. The van der Waals surface area contributed by atoms with Gasteiger partial charge in [-0.05, 0) is 18.7 Å². The van der Waals surface area contributed by atoms with E-state index in [0.29, 0.717) is 18.0 Å². The average molecular weight is 342 g/mol. The zero-order valence-electron chi connectivity index (χ0n) is 15.5. The van der Waals surface area contributed by atoms with Gasteiger partial charge in [-0.3, -0.25) is 9.69 Å². The second-order valence-electron chi connectivity index (χ2n) is 6.11. The van der Waals surface area contributed by atoms with Gasteiger partial charge in [0.15, 0.2) is 11.5 Å². The smallest absolute Gasteiger partial charge is 0.244 e. The molecule has 0 saturated carbocycles. The summed E-state index contributed by atoms with van der Waals surface area (Å²) in [6, 6.07) is 15.2. The van der Waals surface area contributed by atoms with Crippen LogP contribution in [0.4, 0.5) is 0 Å². The molecule has 0 bridgehead atoms. The Hall–Kier alpha value is -2.53. The van der Waals surface area contributed by atoms with Crippen LogP contribution in [0.3, 0.4) is 0 Å². The minimum Gasteiger partial charge on any atom is -0.493 e. The number of rotatable bonds is 7. The van der Waals surface area contributed by atoms with Gasteiger partial charge in [0.2, 0.25) is 5.91 Å². The lowest BCUT2D eigenvalue weighted by Crippen LogP contribution is -2.37. The van der Waals surface area contributed by atoms with E-state index in [-0.39, 0.29) is 11.9 Å². The number of hydrogen-bond acceptors (Lipinski definition) is 4. The van der Waals surface area contributed by atoms with Gasteiger partial charge in [0.25, 0.3) is 0 Å². The maximum absolute atomic E-state index is 12.8. The fourth-order valence-electron chi connectivity index (χ4n) is 2.90. The molecule has 2 rings (SSSR count). The van der Waals surface area contributed by atoms with E-state index in [4.69, 9.17) is 9.47 Å². The van der Waals surface area contributed by atoms with Crippen molar-refractivity contribution in [3.63, 3.8) is 0 Å². The Balaban J connectivity index is 2.35. The highest BCUT2D eigenvalue weighted by molar-refractivity contribution is 5.82. The maximum Gasteiger partial charge on any atom is 0.244 e. The number of benzene rings is 2. The second-order valence-corrected chi connectivity index (χ2v) is 6.11. The molecule has 0 radical (unpaired) electrons. The molecule has 0 aliphatic heterocycles. The Morgan fingerprint density at radius 1 is 0.960 bits per heavy atom. The molecule has 5 heteroatoms. The van der Waals surface area contributed by atoms with E-state index in [1.807, 2.05) is 60.5 Å². The van der Waals surface area contributed by atoms with E-state index in [9.17, 15) is 4.79 Å². The SMILES string of the molecule is COc1cccc(CN(C)C(C(=O)N(C)C)c2ccccc2)c1OC. The minimum absolute atomic E-state index is 0.0376. The molecule has 0 saturated heterocycles. The Labute approximate surface area is 149 Å². The lowest BCUT2D eigenvalue weighted by atomic mass is 10.0. The Bertz CT molecular complexity index is 701. The lowest BCUT2D eigenvalue weighted by molar-refractivity contribution is -0.134.